The largest absolute Gasteiger partial charge is 0.279 e. The number of hydrogen-bond acceptors (Lipinski definition) is 4. The van der Waals surface area contributed by atoms with E-state index in [1.807, 2.05) is 0 Å². The molecule has 0 atom stereocenters. The van der Waals surface area contributed by atoms with Gasteiger partial charge in [-0.15, -0.1) is 23.0 Å². The van der Waals surface area contributed by atoms with Gasteiger partial charge in [0.05, 0.1) is 11.9 Å². The van der Waals surface area contributed by atoms with Crippen molar-refractivity contribution in [3.05, 3.63) is 33.4 Å². The van der Waals surface area contributed by atoms with Gasteiger partial charge >= 0.3 is 0 Å². The number of aryl methyl sites for hydroxylation is 2. The van der Waals surface area contributed by atoms with Crippen molar-refractivity contribution >= 4 is 21.6 Å². The van der Waals surface area contributed by atoms with Crippen molar-refractivity contribution in [2.24, 2.45) is 0 Å². The Morgan fingerprint density at radius 1 is 1.41 bits per heavy atom. The Kier molecular flexibility index (Phi) is 2.55. The maximum Gasteiger partial charge on any atom is 0.279 e. The fourth-order valence-corrected chi connectivity index (χ4v) is 3.55. The smallest absolute Gasteiger partial charge is 0.267 e. The van der Waals surface area contributed by atoms with Crippen LogP contribution in [0.5, 0.6) is 0 Å². The zero-order valence-corrected chi connectivity index (χ0v) is 10.3. The lowest BCUT2D eigenvalue weighted by Gasteiger charge is -2.09. The van der Waals surface area contributed by atoms with Gasteiger partial charge in [-0.3, -0.25) is 4.79 Å². The summed E-state index contributed by atoms with van der Waals surface area (Å²) in [6.45, 7) is 4.05. The molecule has 5 heteroatoms. The molecule has 0 N–H and O–H groups in total. The average Bonchev–Trinajstić information content (AvgIpc) is 2.72. The third kappa shape index (κ3) is 1.61. The van der Waals surface area contributed by atoms with Crippen molar-refractivity contribution in [2.45, 2.75) is 32.2 Å². The molecule has 0 aromatic carbocycles. The van der Waals surface area contributed by atoms with Crippen molar-refractivity contribution in [3.63, 3.8) is 0 Å². The second-order valence-electron chi connectivity index (χ2n) is 4.26. The van der Waals surface area contributed by atoms with Crippen LogP contribution in [0, 0.1) is 0 Å². The van der Waals surface area contributed by atoms with Gasteiger partial charge in [0.2, 0.25) is 0 Å². The van der Waals surface area contributed by atoms with Crippen LogP contribution in [0.25, 0.3) is 10.2 Å². The number of fused-ring (bicyclic) bond motifs is 3. The first kappa shape index (κ1) is 10.7. The van der Waals surface area contributed by atoms with E-state index in [9.17, 15) is 4.79 Å². The molecule has 0 fully saturated rings. The zero-order chi connectivity index (χ0) is 11.8. The summed E-state index contributed by atoms with van der Waals surface area (Å²) in [5.74, 6) is 0. The molecule has 0 saturated heterocycles. The van der Waals surface area contributed by atoms with Crippen LogP contribution in [0.4, 0.5) is 0 Å². The van der Waals surface area contributed by atoms with Crippen LogP contribution in [0.1, 0.15) is 23.3 Å². The van der Waals surface area contributed by atoms with Gasteiger partial charge in [-0.25, -0.2) is 4.68 Å². The van der Waals surface area contributed by atoms with Crippen molar-refractivity contribution in [1.82, 2.24) is 15.0 Å². The maximum atomic E-state index is 12.3. The van der Waals surface area contributed by atoms with Crippen LogP contribution in [0.2, 0.25) is 0 Å². The minimum Gasteiger partial charge on any atom is -0.267 e. The number of allylic oxidation sites excluding steroid dienone is 1. The molecule has 2 aromatic heterocycles. The molecular weight excluding hydrogens is 234 g/mol. The number of thiophene rings is 1. The molecule has 1 aliphatic carbocycles. The SMILES string of the molecule is C=CCn1nnc2sc3c(c2c1=O)CCCC3. The summed E-state index contributed by atoms with van der Waals surface area (Å²) < 4.78 is 1.39. The minimum atomic E-state index is -0.0192. The highest BCUT2D eigenvalue weighted by atomic mass is 32.1. The Morgan fingerprint density at radius 2 is 2.24 bits per heavy atom. The summed E-state index contributed by atoms with van der Waals surface area (Å²) in [6.07, 6.45) is 6.14. The van der Waals surface area contributed by atoms with Gasteiger partial charge in [0.25, 0.3) is 5.56 Å². The van der Waals surface area contributed by atoms with E-state index in [1.165, 1.54) is 28.0 Å². The number of nitrogens with zero attached hydrogens (tertiary/aromatic N) is 3. The third-order valence-electron chi connectivity index (χ3n) is 3.15. The normalized spacial score (nSPS) is 14.8. The van der Waals surface area contributed by atoms with Gasteiger partial charge in [0.1, 0.15) is 0 Å². The molecule has 0 amide bonds. The molecule has 0 bridgehead atoms. The third-order valence-corrected chi connectivity index (χ3v) is 4.32. The maximum absolute atomic E-state index is 12.3. The molecule has 88 valence electrons. The Balaban J connectivity index is 2.30. The lowest BCUT2D eigenvalue weighted by molar-refractivity contribution is 0.611. The van der Waals surface area contributed by atoms with E-state index in [2.05, 4.69) is 16.9 Å². The van der Waals surface area contributed by atoms with Crippen molar-refractivity contribution in [1.29, 1.82) is 0 Å². The minimum absolute atomic E-state index is 0.0192. The van der Waals surface area contributed by atoms with Crippen LogP contribution >= 0.6 is 11.3 Å². The lowest BCUT2D eigenvalue weighted by atomic mass is 9.97. The summed E-state index contributed by atoms with van der Waals surface area (Å²) in [7, 11) is 0. The van der Waals surface area contributed by atoms with Gasteiger partial charge < -0.3 is 0 Å². The monoisotopic (exact) mass is 247 g/mol. The van der Waals surface area contributed by atoms with Crippen LogP contribution in [0.3, 0.4) is 0 Å². The van der Waals surface area contributed by atoms with E-state index in [4.69, 9.17) is 0 Å². The summed E-state index contributed by atoms with van der Waals surface area (Å²) in [4.78, 5) is 14.4. The first-order valence-electron chi connectivity index (χ1n) is 5.80. The van der Waals surface area contributed by atoms with E-state index in [1.54, 1.807) is 17.4 Å². The fraction of sp³-hybridized carbons (Fsp3) is 0.417. The van der Waals surface area contributed by atoms with Crippen LogP contribution in [-0.4, -0.2) is 15.0 Å². The van der Waals surface area contributed by atoms with E-state index in [0.29, 0.717) is 6.54 Å². The zero-order valence-electron chi connectivity index (χ0n) is 9.48. The van der Waals surface area contributed by atoms with Gasteiger partial charge in [0.15, 0.2) is 4.83 Å². The lowest BCUT2D eigenvalue weighted by Crippen LogP contribution is -2.23. The molecule has 3 rings (SSSR count). The topological polar surface area (TPSA) is 47.8 Å². The van der Waals surface area contributed by atoms with E-state index in [0.717, 1.165) is 23.1 Å². The van der Waals surface area contributed by atoms with Crippen LogP contribution in [0.15, 0.2) is 17.4 Å². The van der Waals surface area contributed by atoms with Gasteiger partial charge in [-0.05, 0) is 31.2 Å². The average molecular weight is 247 g/mol. The standard InChI is InChI=1S/C12H13N3OS/c1-2-7-15-12(16)10-8-5-3-4-6-9(8)17-11(10)13-14-15/h2H,1,3-7H2. The highest BCUT2D eigenvalue weighted by molar-refractivity contribution is 7.18. The Hall–Kier alpha value is -1.49. The van der Waals surface area contributed by atoms with E-state index < -0.39 is 0 Å². The molecule has 2 aromatic rings. The molecule has 0 unspecified atom stereocenters. The molecule has 0 spiro atoms. The predicted octanol–water partition coefficient (Wildman–Crippen LogP) is 1.92. The van der Waals surface area contributed by atoms with Gasteiger partial charge in [0, 0.05) is 4.88 Å². The predicted molar refractivity (Wildman–Crippen MR) is 68.5 cm³/mol. The molecule has 0 aliphatic heterocycles. The van der Waals surface area contributed by atoms with Gasteiger partial charge in [-0.2, -0.15) is 0 Å². The Bertz CT molecular complexity index is 641. The first-order valence-corrected chi connectivity index (χ1v) is 6.62. The number of rotatable bonds is 2. The van der Waals surface area contributed by atoms with Crippen molar-refractivity contribution in [2.75, 3.05) is 0 Å². The fourth-order valence-electron chi connectivity index (χ4n) is 2.35. The Labute approximate surface area is 103 Å². The van der Waals surface area contributed by atoms with Crippen LogP contribution in [-0.2, 0) is 19.4 Å². The molecule has 4 nitrogen and oxygen atoms in total. The molecule has 0 radical (unpaired) electrons. The molecule has 0 saturated carbocycles. The van der Waals surface area contributed by atoms with Crippen molar-refractivity contribution in [3.8, 4) is 0 Å². The highest BCUT2D eigenvalue weighted by Crippen LogP contribution is 2.32. The van der Waals surface area contributed by atoms with Gasteiger partial charge in [-0.1, -0.05) is 11.3 Å². The van der Waals surface area contributed by atoms with Crippen LogP contribution < -0.4 is 5.56 Å². The summed E-state index contributed by atoms with van der Waals surface area (Å²) in [6, 6.07) is 0. The second-order valence-corrected chi connectivity index (χ2v) is 5.34. The second kappa shape index (κ2) is 4.07. The van der Waals surface area contributed by atoms with E-state index >= 15 is 0 Å². The molecular formula is C12H13N3OS. The summed E-state index contributed by atoms with van der Waals surface area (Å²) in [5.41, 5.74) is 1.20. The summed E-state index contributed by atoms with van der Waals surface area (Å²) >= 11 is 1.63. The van der Waals surface area contributed by atoms with E-state index in [-0.39, 0.29) is 5.56 Å². The number of hydrogen-bond donors (Lipinski definition) is 0. The summed E-state index contributed by atoms with van der Waals surface area (Å²) in [5, 5.41) is 8.88. The quantitative estimate of drug-likeness (QED) is 0.762. The highest BCUT2D eigenvalue weighted by Gasteiger charge is 2.20. The molecule has 2 heterocycles. The van der Waals surface area contributed by atoms with Crippen molar-refractivity contribution < 1.29 is 0 Å². The molecule has 1 aliphatic rings. The first-order chi connectivity index (χ1) is 8.31. The number of aromatic nitrogens is 3. The Morgan fingerprint density at radius 3 is 3.06 bits per heavy atom. The molecule has 17 heavy (non-hydrogen) atoms.